The van der Waals surface area contributed by atoms with Gasteiger partial charge in [-0.05, 0) is 31.4 Å². The summed E-state index contributed by atoms with van der Waals surface area (Å²) < 4.78 is 1.98. The number of hydrogen-bond acceptors (Lipinski definition) is 7. The summed E-state index contributed by atoms with van der Waals surface area (Å²) in [5.41, 5.74) is 2.31. The Morgan fingerprint density at radius 2 is 1.62 bits per heavy atom. The molecule has 0 atom stereocenters. The zero-order valence-corrected chi connectivity index (χ0v) is 19.2. The zero-order valence-electron chi connectivity index (χ0n) is 19.2. The number of rotatable bonds is 10. The van der Waals surface area contributed by atoms with Gasteiger partial charge in [0, 0.05) is 57.8 Å². The van der Waals surface area contributed by atoms with Crippen molar-refractivity contribution in [2.45, 2.75) is 38.6 Å². The van der Waals surface area contributed by atoms with Gasteiger partial charge in [-0.25, -0.2) is 4.98 Å². The average molecular weight is 463 g/mol. The summed E-state index contributed by atoms with van der Waals surface area (Å²) in [7, 11) is 0. The van der Waals surface area contributed by atoms with Crippen molar-refractivity contribution >= 4 is 40.4 Å². The fraction of sp³-hybridized carbons (Fsp3) is 0.458. The second-order valence-corrected chi connectivity index (χ2v) is 8.75. The van der Waals surface area contributed by atoms with Crippen LogP contribution < -0.4 is 10.6 Å². The largest absolute Gasteiger partial charge is 0.368 e. The van der Waals surface area contributed by atoms with Crippen LogP contribution in [0.15, 0.2) is 36.7 Å². The van der Waals surface area contributed by atoms with Gasteiger partial charge in [0.05, 0.1) is 6.33 Å². The van der Waals surface area contributed by atoms with E-state index < -0.39 is 0 Å². The number of fused-ring (bicyclic) bond motifs is 1. The highest BCUT2D eigenvalue weighted by Crippen LogP contribution is 2.23. The van der Waals surface area contributed by atoms with Gasteiger partial charge in [-0.3, -0.25) is 9.59 Å². The fourth-order valence-electron chi connectivity index (χ4n) is 4.52. The fourth-order valence-corrected chi connectivity index (χ4v) is 4.52. The van der Waals surface area contributed by atoms with Gasteiger partial charge in [0.1, 0.15) is 0 Å². The van der Waals surface area contributed by atoms with Crippen LogP contribution in [0.25, 0.3) is 11.2 Å². The number of likely N-dealkylation sites (tertiary alicyclic amines) is 2. The number of benzene rings is 1. The lowest BCUT2D eigenvalue weighted by atomic mass is 10.3. The third kappa shape index (κ3) is 4.95. The van der Waals surface area contributed by atoms with Gasteiger partial charge in [-0.2, -0.15) is 9.97 Å². The molecule has 0 bridgehead atoms. The van der Waals surface area contributed by atoms with Gasteiger partial charge in [0.15, 0.2) is 17.0 Å². The van der Waals surface area contributed by atoms with Crippen LogP contribution in [0.5, 0.6) is 0 Å². The summed E-state index contributed by atoms with van der Waals surface area (Å²) in [5, 5.41) is 6.68. The maximum atomic E-state index is 12.0. The molecular formula is C24H30N8O2. The summed E-state index contributed by atoms with van der Waals surface area (Å²) >= 11 is 0. The molecule has 34 heavy (non-hydrogen) atoms. The molecule has 0 unspecified atom stereocenters. The van der Waals surface area contributed by atoms with Crippen LogP contribution in [0, 0.1) is 0 Å². The molecule has 178 valence electrons. The number of nitrogens with zero attached hydrogens (tertiary/aromatic N) is 6. The number of carbonyl (C=O) groups is 2. The molecule has 2 amide bonds. The van der Waals surface area contributed by atoms with Gasteiger partial charge < -0.3 is 25.0 Å². The highest BCUT2D eigenvalue weighted by molar-refractivity contribution is 5.85. The van der Waals surface area contributed by atoms with Crippen molar-refractivity contribution in [2.75, 3.05) is 43.4 Å². The van der Waals surface area contributed by atoms with Crippen LogP contribution >= 0.6 is 0 Å². The van der Waals surface area contributed by atoms with Crippen LogP contribution in [0.2, 0.25) is 0 Å². The first-order valence-corrected chi connectivity index (χ1v) is 12.0. The van der Waals surface area contributed by atoms with E-state index in [9.17, 15) is 9.59 Å². The molecule has 5 rings (SSSR count). The molecular weight excluding hydrogens is 432 g/mol. The third-order valence-electron chi connectivity index (χ3n) is 6.34. The number of amides is 2. The van der Waals surface area contributed by atoms with Gasteiger partial charge in [0.2, 0.25) is 17.8 Å². The molecule has 2 fully saturated rings. The van der Waals surface area contributed by atoms with Gasteiger partial charge >= 0.3 is 0 Å². The SMILES string of the molecule is O=C1CCCN1CCCNc1nc(Nc2ccccc2)nc2c1ncn2CCN1CCCC1=O. The first-order valence-electron chi connectivity index (χ1n) is 12.0. The van der Waals surface area contributed by atoms with Crippen molar-refractivity contribution in [2.24, 2.45) is 0 Å². The first-order chi connectivity index (χ1) is 16.7. The van der Waals surface area contributed by atoms with Crippen molar-refractivity contribution in [1.82, 2.24) is 29.3 Å². The lowest BCUT2D eigenvalue weighted by molar-refractivity contribution is -0.128. The second kappa shape index (κ2) is 10.1. The van der Waals surface area contributed by atoms with E-state index in [2.05, 4.69) is 20.6 Å². The predicted octanol–water partition coefficient (Wildman–Crippen LogP) is 2.62. The summed E-state index contributed by atoms with van der Waals surface area (Å²) in [5.74, 6) is 1.60. The Hall–Kier alpha value is -3.69. The number of aromatic nitrogens is 4. The van der Waals surface area contributed by atoms with Crippen molar-refractivity contribution < 1.29 is 9.59 Å². The number of nitrogens with one attached hydrogen (secondary N) is 2. The molecule has 3 aromatic rings. The summed E-state index contributed by atoms with van der Waals surface area (Å²) in [6.45, 7) is 4.35. The molecule has 4 heterocycles. The Morgan fingerprint density at radius 1 is 0.882 bits per heavy atom. The molecule has 2 N–H and O–H groups in total. The summed E-state index contributed by atoms with van der Waals surface area (Å²) in [6.07, 6.45) is 5.77. The molecule has 0 radical (unpaired) electrons. The molecule has 10 nitrogen and oxygen atoms in total. The van der Waals surface area contributed by atoms with E-state index in [4.69, 9.17) is 4.98 Å². The monoisotopic (exact) mass is 462 g/mol. The van der Waals surface area contributed by atoms with Crippen LogP contribution in [0.3, 0.4) is 0 Å². The van der Waals surface area contributed by atoms with Gasteiger partial charge in [0.25, 0.3) is 0 Å². The molecule has 2 aliphatic heterocycles. The Bertz CT molecular complexity index is 1160. The Morgan fingerprint density at radius 3 is 2.32 bits per heavy atom. The van der Waals surface area contributed by atoms with Crippen LogP contribution in [0.1, 0.15) is 32.1 Å². The molecule has 1 aromatic carbocycles. The minimum Gasteiger partial charge on any atom is -0.368 e. The predicted molar refractivity (Wildman–Crippen MR) is 130 cm³/mol. The minimum atomic E-state index is 0.212. The van der Waals surface area contributed by atoms with Crippen molar-refractivity contribution in [3.63, 3.8) is 0 Å². The molecule has 10 heteroatoms. The quantitative estimate of drug-likeness (QED) is 0.446. The topological polar surface area (TPSA) is 108 Å². The first kappa shape index (κ1) is 22.1. The van der Waals surface area contributed by atoms with E-state index in [1.165, 1.54) is 0 Å². The molecule has 2 aliphatic rings. The Balaban J connectivity index is 1.33. The molecule has 0 saturated carbocycles. The second-order valence-electron chi connectivity index (χ2n) is 8.75. The number of para-hydroxylation sites is 1. The van der Waals surface area contributed by atoms with Crippen molar-refractivity contribution in [3.8, 4) is 0 Å². The van der Waals surface area contributed by atoms with Crippen LogP contribution in [-0.2, 0) is 16.1 Å². The van der Waals surface area contributed by atoms with E-state index in [1.807, 2.05) is 44.7 Å². The summed E-state index contributed by atoms with van der Waals surface area (Å²) in [6, 6.07) is 9.80. The third-order valence-corrected chi connectivity index (χ3v) is 6.34. The number of hydrogen-bond donors (Lipinski definition) is 2. The summed E-state index contributed by atoms with van der Waals surface area (Å²) in [4.78, 5) is 41.7. The Labute approximate surface area is 198 Å². The Kier molecular flexibility index (Phi) is 6.55. The van der Waals surface area contributed by atoms with Crippen LogP contribution in [-0.4, -0.2) is 73.9 Å². The highest BCUT2D eigenvalue weighted by Gasteiger charge is 2.21. The van der Waals surface area contributed by atoms with E-state index in [0.29, 0.717) is 49.8 Å². The van der Waals surface area contributed by atoms with E-state index in [1.54, 1.807) is 6.33 Å². The number of imidazole rings is 1. The minimum absolute atomic E-state index is 0.212. The maximum absolute atomic E-state index is 12.0. The van der Waals surface area contributed by atoms with E-state index >= 15 is 0 Å². The van der Waals surface area contributed by atoms with Crippen LogP contribution in [0.4, 0.5) is 17.5 Å². The highest BCUT2D eigenvalue weighted by atomic mass is 16.2. The standard InChI is InChI=1S/C24H30N8O2/c33-19-9-4-12-30(19)14-6-11-25-22-21-23(29-24(28-22)27-18-7-2-1-3-8-18)32(17-26-21)16-15-31-13-5-10-20(31)34/h1-3,7-8,17H,4-6,9-16H2,(H2,25,27,28,29). The number of carbonyl (C=O) groups excluding carboxylic acids is 2. The van der Waals surface area contributed by atoms with Crippen molar-refractivity contribution in [1.29, 1.82) is 0 Å². The number of anilines is 3. The molecule has 0 aliphatic carbocycles. The lowest BCUT2D eigenvalue weighted by Crippen LogP contribution is -2.28. The maximum Gasteiger partial charge on any atom is 0.231 e. The van der Waals surface area contributed by atoms with Gasteiger partial charge in [-0.15, -0.1) is 0 Å². The zero-order chi connectivity index (χ0) is 23.3. The smallest absolute Gasteiger partial charge is 0.231 e. The average Bonchev–Trinajstić information content (AvgIpc) is 3.56. The molecule has 2 saturated heterocycles. The van der Waals surface area contributed by atoms with E-state index in [0.717, 1.165) is 50.2 Å². The molecule has 0 spiro atoms. The van der Waals surface area contributed by atoms with E-state index in [-0.39, 0.29) is 11.8 Å². The lowest BCUT2D eigenvalue weighted by Gasteiger charge is -2.16. The van der Waals surface area contributed by atoms with Gasteiger partial charge in [-0.1, -0.05) is 18.2 Å². The molecule has 2 aromatic heterocycles. The normalized spacial score (nSPS) is 16.1. The van der Waals surface area contributed by atoms with Crippen molar-refractivity contribution in [3.05, 3.63) is 36.7 Å².